The highest BCUT2D eigenvalue weighted by Crippen LogP contribution is 2.32. The van der Waals surface area contributed by atoms with E-state index in [0.29, 0.717) is 12.1 Å². The van der Waals surface area contributed by atoms with Crippen molar-refractivity contribution in [1.29, 1.82) is 0 Å². The van der Waals surface area contributed by atoms with Crippen molar-refractivity contribution >= 4 is 0 Å². The first-order valence-corrected chi connectivity index (χ1v) is 6.96. The molecule has 3 N–H and O–H groups in total. The summed E-state index contributed by atoms with van der Waals surface area (Å²) in [5.41, 5.74) is 6.40. The molecule has 1 fully saturated rings. The van der Waals surface area contributed by atoms with E-state index in [1.54, 1.807) is 0 Å². The van der Waals surface area contributed by atoms with E-state index in [9.17, 15) is 5.11 Å². The number of hydrogen-bond acceptors (Lipinski definition) is 3. The van der Waals surface area contributed by atoms with Gasteiger partial charge in [-0.1, -0.05) is 27.7 Å². The molecular weight excluding hydrogens is 212 g/mol. The Bertz CT molecular complexity index is 237. The Balaban J connectivity index is 2.85. The first kappa shape index (κ1) is 14.9. The summed E-state index contributed by atoms with van der Waals surface area (Å²) in [5, 5.41) is 9.73. The van der Waals surface area contributed by atoms with Crippen molar-refractivity contribution in [2.45, 2.75) is 78.0 Å². The zero-order valence-corrected chi connectivity index (χ0v) is 12.1. The molecule has 0 amide bonds. The minimum Gasteiger partial charge on any atom is -0.395 e. The first-order chi connectivity index (χ1) is 7.82. The molecular formula is C14H30N2O. The number of hydrogen-bond donors (Lipinski definition) is 2. The smallest absolute Gasteiger partial charge is 0.0602 e. The minimum absolute atomic E-state index is 0.0158. The Kier molecular flexibility index (Phi) is 4.99. The first-order valence-electron chi connectivity index (χ1n) is 6.96. The van der Waals surface area contributed by atoms with Gasteiger partial charge in [0.05, 0.1) is 6.61 Å². The summed E-state index contributed by atoms with van der Waals surface area (Å²) in [6.45, 7) is 11.1. The number of nitrogens with zero attached hydrogens (tertiary/aromatic N) is 1. The number of nitrogens with two attached hydrogens (primary N) is 1. The van der Waals surface area contributed by atoms with Gasteiger partial charge in [-0.2, -0.15) is 0 Å². The van der Waals surface area contributed by atoms with Crippen LogP contribution in [0.1, 0.15) is 53.9 Å². The van der Waals surface area contributed by atoms with Crippen molar-refractivity contribution in [3.8, 4) is 0 Å². The van der Waals surface area contributed by atoms with Crippen LogP contribution in [0.5, 0.6) is 0 Å². The van der Waals surface area contributed by atoms with E-state index >= 15 is 0 Å². The van der Waals surface area contributed by atoms with E-state index < -0.39 is 0 Å². The summed E-state index contributed by atoms with van der Waals surface area (Å²) >= 11 is 0. The van der Waals surface area contributed by atoms with E-state index in [4.69, 9.17) is 5.73 Å². The van der Waals surface area contributed by atoms with Crippen LogP contribution in [0.2, 0.25) is 0 Å². The Morgan fingerprint density at radius 3 is 2.35 bits per heavy atom. The van der Waals surface area contributed by atoms with Crippen LogP contribution in [-0.4, -0.2) is 40.8 Å². The highest BCUT2D eigenvalue weighted by Gasteiger charge is 2.40. The van der Waals surface area contributed by atoms with Gasteiger partial charge in [0.15, 0.2) is 0 Å². The molecule has 17 heavy (non-hydrogen) atoms. The molecule has 0 bridgehead atoms. The fraction of sp³-hybridized carbons (Fsp3) is 1.00. The highest BCUT2D eigenvalue weighted by molar-refractivity contribution is 4.96. The second-order valence-electron chi connectivity index (χ2n) is 6.58. The van der Waals surface area contributed by atoms with Gasteiger partial charge in [0.25, 0.3) is 0 Å². The number of rotatable bonds is 4. The van der Waals surface area contributed by atoms with Crippen molar-refractivity contribution in [1.82, 2.24) is 4.90 Å². The Hall–Kier alpha value is -0.120. The van der Waals surface area contributed by atoms with E-state index in [1.165, 1.54) is 12.8 Å². The quantitative estimate of drug-likeness (QED) is 0.792. The standard InChI is InChI=1S/C14H30N2O/c1-6-11-8-7-10(2)16(11)12(9-17)13(15)14(3,4)5/h10-13,17H,6-9,15H2,1-5H3. The van der Waals surface area contributed by atoms with E-state index in [-0.39, 0.29) is 24.1 Å². The molecule has 4 unspecified atom stereocenters. The summed E-state index contributed by atoms with van der Waals surface area (Å²) in [7, 11) is 0. The molecule has 3 heteroatoms. The summed E-state index contributed by atoms with van der Waals surface area (Å²) < 4.78 is 0. The zero-order chi connectivity index (χ0) is 13.2. The molecule has 1 rings (SSSR count). The van der Waals surface area contributed by atoms with Gasteiger partial charge in [0, 0.05) is 24.2 Å². The predicted octanol–water partition coefficient (Wildman–Crippen LogP) is 1.98. The van der Waals surface area contributed by atoms with Crippen LogP contribution in [0, 0.1) is 5.41 Å². The van der Waals surface area contributed by atoms with E-state index in [2.05, 4.69) is 39.5 Å². The van der Waals surface area contributed by atoms with Gasteiger partial charge in [-0.25, -0.2) is 0 Å². The zero-order valence-electron chi connectivity index (χ0n) is 12.1. The van der Waals surface area contributed by atoms with Gasteiger partial charge >= 0.3 is 0 Å². The lowest BCUT2D eigenvalue weighted by Crippen LogP contribution is -2.58. The van der Waals surface area contributed by atoms with Crippen molar-refractivity contribution in [2.24, 2.45) is 11.1 Å². The summed E-state index contributed by atoms with van der Waals surface area (Å²) in [6.07, 6.45) is 3.62. The molecule has 1 aliphatic heterocycles. The Labute approximate surface area is 106 Å². The summed E-state index contributed by atoms with van der Waals surface area (Å²) in [6, 6.07) is 1.25. The molecule has 4 atom stereocenters. The fourth-order valence-electron chi connectivity index (χ4n) is 3.07. The van der Waals surface area contributed by atoms with Gasteiger partial charge in [-0.05, 0) is 31.6 Å². The van der Waals surface area contributed by atoms with Crippen LogP contribution in [0.25, 0.3) is 0 Å². The maximum absolute atomic E-state index is 9.73. The number of aliphatic hydroxyl groups is 1. The molecule has 0 aromatic heterocycles. The molecule has 0 spiro atoms. The van der Waals surface area contributed by atoms with Gasteiger partial charge in [0.2, 0.25) is 0 Å². The van der Waals surface area contributed by atoms with Crippen LogP contribution in [0.15, 0.2) is 0 Å². The molecule has 0 aromatic carbocycles. The third kappa shape index (κ3) is 3.21. The van der Waals surface area contributed by atoms with Crippen molar-refractivity contribution in [2.75, 3.05) is 6.61 Å². The lowest BCUT2D eigenvalue weighted by atomic mass is 9.82. The van der Waals surface area contributed by atoms with Crippen molar-refractivity contribution in [3.05, 3.63) is 0 Å². The van der Waals surface area contributed by atoms with Gasteiger partial charge in [-0.3, -0.25) is 4.90 Å². The molecule has 0 radical (unpaired) electrons. The van der Waals surface area contributed by atoms with Crippen molar-refractivity contribution < 1.29 is 5.11 Å². The van der Waals surface area contributed by atoms with Crippen LogP contribution in [0.3, 0.4) is 0 Å². The Morgan fingerprint density at radius 1 is 1.35 bits per heavy atom. The molecule has 1 saturated heterocycles. The molecule has 0 aromatic rings. The van der Waals surface area contributed by atoms with Crippen LogP contribution >= 0.6 is 0 Å². The molecule has 0 aliphatic carbocycles. The topological polar surface area (TPSA) is 49.5 Å². The lowest BCUT2D eigenvalue weighted by Gasteiger charge is -2.42. The van der Waals surface area contributed by atoms with Gasteiger partial charge in [0.1, 0.15) is 0 Å². The van der Waals surface area contributed by atoms with Crippen LogP contribution < -0.4 is 5.73 Å². The predicted molar refractivity (Wildman–Crippen MR) is 72.9 cm³/mol. The van der Waals surface area contributed by atoms with E-state index in [0.717, 1.165) is 6.42 Å². The fourth-order valence-corrected chi connectivity index (χ4v) is 3.07. The Morgan fingerprint density at radius 2 is 1.94 bits per heavy atom. The third-order valence-corrected chi connectivity index (χ3v) is 4.30. The SMILES string of the molecule is CCC1CCC(C)N1C(CO)C(N)C(C)(C)C. The minimum atomic E-state index is 0.0158. The second kappa shape index (κ2) is 5.68. The normalized spacial score (nSPS) is 30.5. The average molecular weight is 242 g/mol. The summed E-state index contributed by atoms with van der Waals surface area (Å²) in [5.74, 6) is 0. The maximum atomic E-state index is 9.73. The number of aliphatic hydroxyl groups excluding tert-OH is 1. The maximum Gasteiger partial charge on any atom is 0.0602 e. The second-order valence-corrected chi connectivity index (χ2v) is 6.58. The van der Waals surface area contributed by atoms with Gasteiger partial charge in [-0.15, -0.1) is 0 Å². The molecule has 0 saturated carbocycles. The highest BCUT2D eigenvalue weighted by atomic mass is 16.3. The van der Waals surface area contributed by atoms with E-state index in [1.807, 2.05) is 0 Å². The average Bonchev–Trinajstić information content (AvgIpc) is 2.60. The molecule has 102 valence electrons. The van der Waals surface area contributed by atoms with Crippen molar-refractivity contribution in [3.63, 3.8) is 0 Å². The lowest BCUT2D eigenvalue weighted by molar-refractivity contribution is 0.0391. The third-order valence-electron chi connectivity index (χ3n) is 4.30. The van der Waals surface area contributed by atoms with Crippen LogP contribution in [0.4, 0.5) is 0 Å². The van der Waals surface area contributed by atoms with Crippen LogP contribution in [-0.2, 0) is 0 Å². The summed E-state index contributed by atoms with van der Waals surface area (Å²) in [4.78, 5) is 2.47. The monoisotopic (exact) mass is 242 g/mol. The number of likely N-dealkylation sites (tertiary alicyclic amines) is 1. The van der Waals surface area contributed by atoms with Gasteiger partial charge < -0.3 is 10.8 Å². The molecule has 1 heterocycles. The largest absolute Gasteiger partial charge is 0.395 e. The molecule has 3 nitrogen and oxygen atoms in total. The molecule has 1 aliphatic rings.